The zero-order valence-electron chi connectivity index (χ0n) is 13.2. The van der Waals surface area contributed by atoms with Gasteiger partial charge in [-0.25, -0.2) is 9.78 Å². The predicted octanol–water partition coefficient (Wildman–Crippen LogP) is 0.736. The van der Waals surface area contributed by atoms with Crippen LogP contribution in [0.3, 0.4) is 0 Å². The molecule has 0 aliphatic carbocycles. The van der Waals surface area contributed by atoms with Crippen molar-refractivity contribution in [1.29, 1.82) is 0 Å². The lowest BCUT2D eigenvalue weighted by atomic mass is 9.81. The Morgan fingerprint density at radius 2 is 1.92 bits per heavy atom. The minimum atomic E-state index is -1.99. The summed E-state index contributed by atoms with van der Waals surface area (Å²) >= 11 is 0. The van der Waals surface area contributed by atoms with Crippen LogP contribution >= 0.6 is 0 Å². The zero-order chi connectivity index (χ0) is 17.6. The second-order valence-electron chi connectivity index (χ2n) is 5.30. The predicted molar refractivity (Wildman–Crippen MR) is 83.1 cm³/mol. The molecule has 0 amide bonds. The van der Waals surface area contributed by atoms with E-state index < -0.39 is 30.2 Å². The Balaban J connectivity index is 2.49. The fourth-order valence-corrected chi connectivity index (χ4v) is 2.51. The lowest BCUT2D eigenvalue weighted by Gasteiger charge is -2.35. The minimum Gasteiger partial charge on any atom is -0.461 e. The van der Waals surface area contributed by atoms with Gasteiger partial charge in [-0.15, -0.1) is 0 Å². The summed E-state index contributed by atoms with van der Waals surface area (Å²) in [6.07, 6.45) is -2.15. The molecule has 1 heterocycles. The van der Waals surface area contributed by atoms with Gasteiger partial charge in [-0.3, -0.25) is 4.79 Å². The standard InChI is InChI=1S/C17H20O7/c1-22-24-17(15(20)13(19)11-18,10-12-6-3-2-4-7-12)16(21)14-8-5-9-23-14/h2-9,13,15,18-20H,10-11H2,1H3/t13?,15?,17-/m1/s1. The lowest BCUT2D eigenvalue weighted by molar-refractivity contribution is -0.351. The molecular weight excluding hydrogens is 316 g/mol. The maximum absolute atomic E-state index is 12.9. The number of benzene rings is 1. The lowest BCUT2D eigenvalue weighted by Crippen LogP contribution is -2.58. The van der Waals surface area contributed by atoms with Crippen molar-refractivity contribution in [3.05, 3.63) is 60.1 Å². The minimum absolute atomic E-state index is 0.0628. The van der Waals surface area contributed by atoms with E-state index in [4.69, 9.17) is 14.2 Å². The van der Waals surface area contributed by atoms with Crippen LogP contribution in [0.15, 0.2) is 53.1 Å². The molecule has 0 bridgehead atoms. The van der Waals surface area contributed by atoms with Crippen LogP contribution in [0.25, 0.3) is 0 Å². The van der Waals surface area contributed by atoms with E-state index in [9.17, 15) is 20.1 Å². The quantitative estimate of drug-likeness (QED) is 0.352. The Bertz CT molecular complexity index is 626. The van der Waals surface area contributed by atoms with Gasteiger partial charge in [0.2, 0.25) is 11.4 Å². The number of Topliss-reactive ketones (excluding diaryl/α,β-unsaturated/α-hetero) is 1. The van der Waals surface area contributed by atoms with E-state index in [1.165, 1.54) is 25.5 Å². The SMILES string of the molecule is COO[C@@](Cc1ccccc1)(C(=O)c1ccco1)C(O)C(O)CO. The molecule has 7 nitrogen and oxygen atoms in total. The smallest absolute Gasteiger partial charge is 0.236 e. The fraction of sp³-hybridized carbons (Fsp3) is 0.353. The van der Waals surface area contributed by atoms with Gasteiger partial charge in [-0.2, -0.15) is 0 Å². The second-order valence-corrected chi connectivity index (χ2v) is 5.30. The largest absolute Gasteiger partial charge is 0.461 e. The van der Waals surface area contributed by atoms with E-state index in [1.807, 2.05) is 0 Å². The Morgan fingerprint density at radius 1 is 1.21 bits per heavy atom. The van der Waals surface area contributed by atoms with Gasteiger partial charge in [-0.1, -0.05) is 30.3 Å². The normalized spacial score (nSPS) is 16.3. The molecule has 130 valence electrons. The van der Waals surface area contributed by atoms with Gasteiger partial charge >= 0.3 is 0 Å². The van der Waals surface area contributed by atoms with E-state index >= 15 is 0 Å². The molecule has 1 aromatic carbocycles. The third-order valence-electron chi connectivity index (χ3n) is 3.70. The van der Waals surface area contributed by atoms with Gasteiger partial charge in [0.05, 0.1) is 20.0 Å². The highest BCUT2D eigenvalue weighted by Crippen LogP contribution is 2.29. The Labute approximate surface area is 139 Å². The molecule has 1 aromatic heterocycles. The number of hydrogen-bond acceptors (Lipinski definition) is 7. The molecule has 0 fully saturated rings. The summed E-state index contributed by atoms with van der Waals surface area (Å²) in [6, 6.07) is 11.7. The van der Waals surface area contributed by atoms with Crippen LogP contribution in [0.5, 0.6) is 0 Å². The van der Waals surface area contributed by atoms with E-state index in [0.29, 0.717) is 5.56 Å². The van der Waals surface area contributed by atoms with E-state index in [-0.39, 0.29) is 12.2 Å². The molecular formula is C17H20O7. The van der Waals surface area contributed by atoms with Gasteiger partial charge in [-0.05, 0) is 17.7 Å². The number of carbonyl (C=O) groups is 1. The monoisotopic (exact) mass is 336 g/mol. The fourth-order valence-electron chi connectivity index (χ4n) is 2.51. The summed E-state index contributed by atoms with van der Waals surface area (Å²) in [5, 5.41) is 29.6. The third kappa shape index (κ3) is 3.72. The Morgan fingerprint density at radius 3 is 2.46 bits per heavy atom. The highest BCUT2D eigenvalue weighted by Gasteiger charge is 2.52. The summed E-state index contributed by atoms with van der Waals surface area (Å²) in [4.78, 5) is 22.8. The molecule has 3 atom stereocenters. The van der Waals surface area contributed by atoms with Crippen molar-refractivity contribution < 1.29 is 34.3 Å². The van der Waals surface area contributed by atoms with Gasteiger partial charge in [0, 0.05) is 6.42 Å². The number of aliphatic hydroxyl groups is 3. The van der Waals surface area contributed by atoms with Crippen molar-refractivity contribution >= 4 is 5.78 Å². The van der Waals surface area contributed by atoms with Gasteiger partial charge < -0.3 is 19.7 Å². The van der Waals surface area contributed by atoms with Crippen LogP contribution in [-0.2, 0) is 16.2 Å². The Hall–Kier alpha value is -2.03. The van der Waals surface area contributed by atoms with Crippen molar-refractivity contribution in [1.82, 2.24) is 0 Å². The van der Waals surface area contributed by atoms with Crippen molar-refractivity contribution in [3.8, 4) is 0 Å². The Kier molecular flexibility index (Phi) is 6.24. The van der Waals surface area contributed by atoms with E-state index in [0.717, 1.165) is 0 Å². The third-order valence-corrected chi connectivity index (χ3v) is 3.70. The highest BCUT2D eigenvalue weighted by atomic mass is 17.2. The van der Waals surface area contributed by atoms with Crippen LogP contribution in [-0.4, -0.2) is 52.6 Å². The van der Waals surface area contributed by atoms with Crippen LogP contribution in [0.2, 0.25) is 0 Å². The maximum Gasteiger partial charge on any atom is 0.236 e. The number of aliphatic hydroxyl groups excluding tert-OH is 3. The van der Waals surface area contributed by atoms with Crippen molar-refractivity contribution in [2.24, 2.45) is 0 Å². The van der Waals surface area contributed by atoms with Crippen LogP contribution in [0.1, 0.15) is 16.1 Å². The first kappa shape index (κ1) is 18.3. The maximum atomic E-state index is 12.9. The van der Waals surface area contributed by atoms with Gasteiger partial charge in [0.15, 0.2) is 5.76 Å². The molecule has 2 rings (SSSR count). The summed E-state index contributed by atoms with van der Waals surface area (Å²) in [5.41, 5.74) is -1.32. The average Bonchev–Trinajstić information content (AvgIpc) is 3.14. The second kappa shape index (κ2) is 8.18. The molecule has 0 saturated heterocycles. The zero-order valence-corrected chi connectivity index (χ0v) is 13.2. The number of carbonyl (C=O) groups excluding carboxylic acids is 1. The van der Waals surface area contributed by atoms with Crippen LogP contribution in [0, 0.1) is 0 Å². The molecule has 0 spiro atoms. The van der Waals surface area contributed by atoms with Crippen molar-refractivity contribution in [2.45, 2.75) is 24.2 Å². The summed E-state index contributed by atoms with van der Waals surface area (Å²) < 4.78 is 5.11. The summed E-state index contributed by atoms with van der Waals surface area (Å²) in [6.45, 7) is -0.754. The number of ketones is 1. The van der Waals surface area contributed by atoms with Crippen molar-refractivity contribution in [2.75, 3.05) is 13.7 Å². The topological polar surface area (TPSA) is 109 Å². The first-order chi connectivity index (χ1) is 11.5. The van der Waals surface area contributed by atoms with E-state index in [1.54, 1.807) is 30.3 Å². The highest BCUT2D eigenvalue weighted by molar-refractivity contribution is 6.01. The summed E-state index contributed by atoms with van der Waals surface area (Å²) in [5.74, 6) is -0.773. The van der Waals surface area contributed by atoms with Crippen molar-refractivity contribution in [3.63, 3.8) is 0 Å². The number of furan rings is 1. The molecule has 0 saturated carbocycles. The molecule has 3 N–H and O–H groups in total. The molecule has 0 radical (unpaired) electrons. The number of hydrogen-bond donors (Lipinski definition) is 3. The summed E-state index contributed by atoms with van der Waals surface area (Å²) in [7, 11) is 1.19. The van der Waals surface area contributed by atoms with Gasteiger partial charge in [0.25, 0.3) is 0 Å². The average molecular weight is 336 g/mol. The molecule has 0 aliphatic heterocycles. The van der Waals surface area contributed by atoms with E-state index in [2.05, 4.69) is 0 Å². The van der Waals surface area contributed by atoms with Gasteiger partial charge in [0.1, 0.15) is 12.2 Å². The molecule has 24 heavy (non-hydrogen) atoms. The van der Waals surface area contributed by atoms with Crippen LogP contribution < -0.4 is 0 Å². The molecule has 7 heteroatoms. The number of rotatable bonds is 9. The molecule has 2 unspecified atom stereocenters. The first-order valence-electron chi connectivity index (χ1n) is 7.36. The molecule has 0 aliphatic rings. The first-order valence-corrected chi connectivity index (χ1v) is 7.36. The van der Waals surface area contributed by atoms with Crippen LogP contribution in [0.4, 0.5) is 0 Å². The molecule has 2 aromatic rings.